The van der Waals surface area contributed by atoms with Crippen LogP contribution in [0.3, 0.4) is 0 Å². The van der Waals surface area contributed by atoms with Gasteiger partial charge in [0.1, 0.15) is 12.3 Å². The van der Waals surface area contributed by atoms with Crippen LogP contribution < -0.4 is 0 Å². The average Bonchev–Trinajstić information content (AvgIpc) is 3.33. The highest BCUT2D eigenvalue weighted by molar-refractivity contribution is 7.88. The van der Waals surface area contributed by atoms with Gasteiger partial charge in [-0.15, -0.1) is 0 Å². The third-order valence-corrected chi connectivity index (χ3v) is 5.52. The molecule has 1 aromatic carbocycles. The minimum Gasteiger partial charge on any atom is -0.486 e. The molecule has 2 aromatic rings. The van der Waals surface area contributed by atoms with Crippen molar-refractivity contribution < 1.29 is 30.5 Å². The van der Waals surface area contributed by atoms with E-state index in [4.69, 9.17) is 4.74 Å². The molecular weight excluding hydrogens is 445 g/mol. The Balaban J connectivity index is 1.82. The molecule has 2 heterocycles. The van der Waals surface area contributed by atoms with Gasteiger partial charge in [0.05, 0.1) is 0 Å². The highest BCUT2D eigenvalue weighted by Crippen LogP contribution is 2.29. The molecule has 0 saturated heterocycles. The van der Waals surface area contributed by atoms with Crippen LogP contribution in [0.2, 0.25) is 0 Å². The fourth-order valence-electron chi connectivity index (χ4n) is 2.95. The fourth-order valence-corrected chi connectivity index (χ4v) is 3.36. The SMILES string of the molecule is CCCCCc1ccc(/C=C2\N=C(OS(=O)(=O)C(F)(F)F)C=C2OCc2ccccc2)[nH]1. The maximum Gasteiger partial charge on any atom is 0.534 e. The number of benzene rings is 1. The minimum atomic E-state index is -5.84. The van der Waals surface area contributed by atoms with Gasteiger partial charge < -0.3 is 13.9 Å². The van der Waals surface area contributed by atoms with Crippen LogP contribution in [-0.4, -0.2) is 24.8 Å². The van der Waals surface area contributed by atoms with Crippen molar-refractivity contribution in [3.8, 4) is 0 Å². The van der Waals surface area contributed by atoms with Gasteiger partial charge in [0.25, 0.3) is 0 Å². The van der Waals surface area contributed by atoms with Gasteiger partial charge in [0, 0.05) is 17.5 Å². The van der Waals surface area contributed by atoms with E-state index in [9.17, 15) is 21.6 Å². The van der Waals surface area contributed by atoms with Crippen molar-refractivity contribution in [1.29, 1.82) is 0 Å². The van der Waals surface area contributed by atoms with Crippen molar-refractivity contribution in [3.05, 3.63) is 76.9 Å². The van der Waals surface area contributed by atoms with Crippen molar-refractivity contribution in [3.63, 3.8) is 0 Å². The Hall–Kier alpha value is -3.01. The maximum absolute atomic E-state index is 12.7. The molecule has 0 atom stereocenters. The molecule has 0 saturated carbocycles. The molecule has 3 rings (SSSR count). The zero-order chi connectivity index (χ0) is 23.2. The lowest BCUT2D eigenvalue weighted by Crippen LogP contribution is -2.27. The summed E-state index contributed by atoms with van der Waals surface area (Å²) in [6, 6.07) is 12.8. The molecule has 32 heavy (non-hydrogen) atoms. The quantitative estimate of drug-likeness (QED) is 0.301. The van der Waals surface area contributed by atoms with Crippen LogP contribution in [0, 0.1) is 0 Å². The molecule has 0 aliphatic carbocycles. The van der Waals surface area contributed by atoms with E-state index in [0.717, 1.165) is 43.0 Å². The van der Waals surface area contributed by atoms with Crippen LogP contribution in [0.5, 0.6) is 0 Å². The van der Waals surface area contributed by atoms with Crippen molar-refractivity contribution in [2.24, 2.45) is 4.99 Å². The second-order valence-corrected chi connectivity index (χ2v) is 8.68. The summed E-state index contributed by atoms with van der Waals surface area (Å²) in [4.78, 5) is 7.11. The van der Waals surface area contributed by atoms with Crippen LogP contribution in [0.25, 0.3) is 6.08 Å². The topological polar surface area (TPSA) is 80.8 Å². The molecule has 0 unspecified atom stereocenters. The summed E-state index contributed by atoms with van der Waals surface area (Å²) in [6.07, 6.45) is 6.70. The van der Waals surface area contributed by atoms with Crippen LogP contribution in [0.1, 0.15) is 43.1 Å². The monoisotopic (exact) mass is 468 g/mol. The largest absolute Gasteiger partial charge is 0.534 e. The van der Waals surface area contributed by atoms with Gasteiger partial charge in [-0.1, -0.05) is 50.1 Å². The molecule has 0 amide bonds. The van der Waals surface area contributed by atoms with Crippen molar-refractivity contribution in [2.45, 2.75) is 44.7 Å². The summed E-state index contributed by atoms with van der Waals surface area (Å²) < 4.78 is 70.7. The molecule has 1 aromatic heterocycles. The number of hydrogen-bond donors (Lipinski definition) is 1. The minimum absolute atomic E-state index is 0.100. The van der Waals surface area contributed by atoms with Crippen LogP contribution >= 0.6 is 0 Å². The molecule has 172 valence electrons. The fraction of sp³-hybridized carbons (Fsp3) is 0.318. The first-order valence-electron chi connectivity index (χ1n) is 10.1. The first-order valence-corrected chi connectivity index (χ1v) is 11.5. The lowest BCUT2D eigenvalue weighted by Gasteiger charge is -2.07. The molecule has 0 fully saturated rings. The third-order valence-electron chi connectivity index (χ3n) is 4.56. The van der Waals surface area contributed by atoms with Gasteiger partial charge in [-0.3, -0.25) is 0 Å². The number of aromatic nitrogens is 1. The zero-order valence-corrected chi connectivity index (χ0v) is 18.2. The summed E-state index contributed by atoms with van der Waals surface area (Å²) in [5, 5.41) is 0. The van der Waals surface area contributed by atoms with E-state index >= 15 is 0 Å². The Labute approximate surface area is 184 Å². The van der Waals surface area contributed by atoms with E-state index < -0.39 is 21.5 Å². The molecule has 1 aliphatic rings. The van der Waals surface area contributed by atoms with E-state index in [1.165, 1.54) is 0 Å². The number of halogens is 3. The Kier molecular flexibility index (Phi) is 7.44. The lowest BCUT2D eigenvalue weighted by molar-refractivity contribution is -0.0504. The Morgan fingerprint density at radius 2 is 1.84 bits per heavy atom. The number of hydrogen-bond acceptors (Lipinski definition) is 5. The summed E-state index contributed by atoms with van der Waals surface area (Å²) in [7, 11) is -5.84. The average molecular weight is 468 g/mol. The van der Waals surface area contributed by atoms with Gasteiger partial charge in [-0.05, 0) is 36.6 Å². The molecular formula is C22H23F3N2O4S. The van der Waals surface area contributed by atoms with E-state index in [1.807, 2.05) is 42.5 Å². The first kappa shape index (κ1) is 23.6. The number of aryl methyl sites for hydroxylation is 1. The van der Waals surface area contributed by atoms with Crippen molar-refractivity contribution >= 4 is 22.1 Å². The normalized spacial score (nSPS) is 15.6. The predicted octanol–water partition coefficient (Wildman–Crippen LogP) is 5.47. The molecule has 6 nitrogen and oxygen atoms in total. The van der Waals surface area contributed by atoms with Gasteiger partial charge >= 0.3 is 15.6 Å². The summed E-state index contributed by atoms with van der Waals surface area (Å²) in [5.74, 6) is -0.616. The highest BCUT2D eigenvalue weighted by atomic mass is 32.2. The Bertz CT molecular complexity index is 1120. The summed E-state index contributed by atoms with van der Waals surface area (Å²) in [6.45, 7) is 2.23. The Morgan fingerprint density at radius 3 is 2.53 bits per heavy atom. The van der Waals surface area contributed by atoms with E-state index in [2.05, 4.69) is 21.1 Å². The second-order valence-electron chi connectivity index (χ2n) is 7.14. The molecule has 0 bridgehead atoms. The molecule has 10 heteroatoms. The summed E-state index contributed by atoms with van der Waals surface area (Å²) in [5.41, 5.74) is -2.92. The maximum atomic E-state index is 12.7. The number of aromatic amines is 1. The lowest BCUT2D eigenvalue weighted by atomic mass is 10.2. The van der Waals surface area contributed by atoms with Gasteiger partial charge in [0.15, 0.2) is 5.76 Å². The predicted molar refractivity (Wildman–Crippen MR) is 115 cm³/mol. The van der Waals surface area contributed by atoms with Gasteiger partial charge in [-0.2, -0.15) is 21.6 Å². The molecule has 0 spiro atoms. The van der Waals surface area contributed by atoms with Crippen LogP contribution in [-0.2, 0) is 32.1 Å². The number of H-pyrrole nitrogens is 1. The molecule has 1 aliphatic heterocycles. The van der Waals surface area contributed by atoms with Crippen molar-refractivity contribution in [1.82, 2.24) is 4.98 Å². The summed E-state index contributed by atoms with van der Waals surface area (Å²) >= 11 is 0. The van der Waals surface area contributed by atoms with Crippen LogP contribution in [0.4, 0.5) is 13.2 Å². The first-order chi connectivity index (χ1) is 15.2. The van der Waals surface area contributed by atoms with Gasteiger partial charge in [0.2, 0.25) is 5.90 Å². The zero-order valence-electron chi connectivity index (χ0n) is 17.4. The third kappa shape index (κ3) is 6.25. The van der Waals surface area contributed by atoms with E-state index in [0.29, 0.717) is 5.69 Å². The standard InChI is InChI=1S/C22H23F3N2O4S/c1-2-3-5-10-17-11-12-18(26-17)13-19-20(30-15-16-8-6-4-7-9-16)14-21(27-19)31-32(28,29)22(23,24)25/h4,6-9,11-14,26H,2-3,5,10,15H2,1H3/b19-13-. The number of aliphatic imine (C=N–C) groups is 1. The van der Waals surface area contributed by atoms with Crippen LogP contribution in [0.15, 0.2) is 65.0 Å². The second kappa shape index (κ2) is 10.1. The van der Waals surface area contributed by atoms with E-state index in [1.54, 1.807) is 6.08 Å². The molecule has 0 radical (unpaired) electrons. The number of nitrogens with one attached hydrogen (secondary N) is 1. The number of nitrogens with zero attached hydrogens (tertiary/aromatic N) is 1. The van der Waals surface area contributed by atoms with Crippen molar-refractivity contribution in [2.75, 3.05) is 0 Å². The Morgan fingerprint density at radius 1 is 1.09 bits per heavy atom. The number of ether oxygens (including phenoxy) is 1. The van der Waals surface area contributed by atoms with E-state index in [-0.39, 0.29) is 18.1 Å². The highest BCUT2D eigenvalue weighted by Gasteiger charge is 2.49. The number of rotatable bonds is 9. The molecule has 1 N–H and O–H groups in total. The number of unbranched alkanes of at least 4 members (excludes halogenated alkanes) is 2. The number of alkyl halides is 3. The smallest absolute Gasteiger partial charge is 0.486 e. The van der Waals surface area contributed by atoms with Gasteiger partial charge in [-0.25, -0.2) is 4.99 Å².